The zero-order chi connectivity index (χ0) is 22.6. The van der Waals surface area contributed by atoms with Gasteiger partial charge in [-0.2, -0.15) is 0 Å². The van der Waals surface area contributed by atoms with Crippen LogP contribution in [0.2, 0.25) is 0 Å². The molecule has 1 aromatic heterocycles. The van der Waals surface area contributed by atoms with Crippen molar-refractivity contribution in [1.82, 2.24) is 10.3 Å². The fourth-order valence-corrected chi connectivity index (χ4v) is 7.74. The van der Waals surface area contributed by atoms with Gasteiger partial charge in [0.1, 0.15) is 6.26 Å². The van der Waals surface area contributed by atoms with Crippen molar-refractivity contribution >= 4 is 11.3 Å². The number of benzene rings is 1. The summed E-state index contributed by atoms with van der Waals surface area (Å²) < 4.78 is 6.03. The number of oxazole rings is 1. The van der Waals surface area contributed by atoms with Crippen molar-refractivity contribution < 1.29 is 4.42 Å². The molecule has 5 fully saturated rings. The Morgan fingerprint density at radius 3 is 2.29 bits per heavy atom. The molecule has 0 radical (unpaired) electrons. The van der Waals surface area contributed by atoms with E-state index < -0.39 is 0 Å². The standard InChI is InChI=1S/C30H37N3O/c1-2-5-22(4-1)28-33-27(20-34-28)30-14-11-29(12-15-30,13-16-30)24-9-7-21(8-10-24)23-18-26(32-19-23)25-6-3-17-31-25/h7-10,19-20,22,25,31H,1-6,11-18H2/t25-,29?,30?/m0/s1. The molecule has 6 aliphatic rings. The third-order valence-corrected chi connectivity index (χ3v) is 10.1. The summed E-state index contributed by atoms with van der Waals surface area (Å²) in [7, 11) is 0. The van der Waals surface area contributed by atoms with Gasteiger partial charge >= 0.3 is 0 Å². The van der Waals surface area contributed by atoms with E-state index in [-0.39, 0.29) is 5.41 Å². The molecule has 1 N–H and O–H groups in total. The van der Waals surface area contributed by atoms with Gasteiger partial charge in [0.05, 0.1) is 5.69 Å². The quantitative estimate of drug-likeness (QED) is 0.538. The largest absolute Gasteiger partial charge is 0.448 e. The first-order valence-electron chi connectivity index (χ1n) is 13.8. The number of fused-ring (bicyclic) bond motifs is 3. The summed E-state index contributed by atoms with van der Waals surface area (Å²) in [6.45, 7) is 1.13. The highest BCUT2D eigenvalue weighted by Gasteiger charge is 2.51. The molecule has 4 heteroatoms. The van der Waals surface area contributed by atoms with Crippen molar-refractivity contribution in [2.75, 3.05) is 6.54 Å². The number of aliphatic imine (C=N–C) groups is 1. The van der Waals surface area contributed by atoms with Gasteiger partial charge in [-0.3, -0.25) is 4.99 Å². The number of allylic oxidation sites excluding steroid dienone is 1. The Labute approximate surface area is 203 Å². The Balaban J connectivity index is 1.03. The highest BCUT2D eigenvalue weighted by atomic mass is 16.3. The van der Waals surface area contributed by atoms with Crippen LogP contribution in [0.25, 0.3) is 5.57 Å². The molecule has 2 aromatic rings. The molecule has 0 amide bonds. The van der Waals surface area contributed by atoms with E-state index in [4.69, 9.17) is 14.4 Å². The molecule has 2 bridgehead atoms. The van der Waals surface area contributed by atoms with E-state index in [2.05, 4.69) is 35.8 Å². The molecule has 178 valence electrons. The van der Waals surface area contributed by atoms with Gasteiger partial charge in [-0.05, 0) is 92.9 Å². The van der Waals surface area contributed by atoms with E-state index in [1.807, 2.05) is 6.26 Å². The third kappa shape index (κ3) is 3.44. The Bertz CT molecular complexity index is 1090. The lowest BCUT2D eigenvalue weighted by molar-refractivity contribution is 0.0986. The van der Waals surface area contributed by atoms with Gasteiger partial charge in [-0.1, -0.05) is 37.1 Å². The van der Waals surface area contributed by atoms with E-state index in [1.165, 1.54) is 99.6 Å². The summed E-state index contributed by atoms with van der Waals surface area (Å²) in [6.07, 6.45) is 20.4. The van der Waals surface area contributed by atoms with Crippen LogP contribution in [0.5, 0.6) is 0 Å². The summed E-state index contributed by atoms with van der Waals surface area (Å²) in [6, 6.07) is 10.1. The van der Waals surface area contributed by atoms with Crippen LogP contribution in [0, 0.1) is 0 Å². The lowest BCUT2D eigenvalue weighted by atomic mass is 9.51. The second-order valence-electron chi connectivity index (χ2n) is 11.8. The van der Waals surface area contributed by atoms with Crippen LogP contribution < -0.4 is 5.32 Å². The van der Waals surface area contributed by atoms with Crippen molar-refractivity contribution in [1.29, 1.82) is 0 Å². The monoisotopic (exact) mass is 455 g/mol. The first-order chi connectivity index (χ1) is 16.7. The number of hydrogen-bond donors (Lipinski definition) is 1. The van der Waals surface area contributed by atoms with E-state index in [0.29, 0.717) is 17.4 Å². The normalized spacial score (nSPS) is 33.5. The van der Waals surface area contributed by atoms with E-state index in [0.717, 1.165) is 18.9 Å². The number of nitrogens with zero attached hydrogens (tertiary/aromatic N) is 2. The molecule has 4 saturated carbocycles. The predicted octanol–water partition coefficient (Wildman–Crippen LogP) is 6.81. The SMILES string of the molecule is C1=C(c2ccc(C34CCC(c5coc(C6CCCC6)n5)(CC3)CC4)cc2)CC([C@@H]2CCCN2)=N1. The molecule has 2 aliphatic heterocycles. The van der Waals surface area contributed by atoms with Crippen molar-refractivity contribution in [3.63, 3.8) is 0 Å². The van der Waals surface area contributed by atoms with E-state index >= 15 is 0 Å². The molecule has 4 aliphatic carbocycles. The fourth-order valence-electron chi connectivity index (χ4n) is 7.74. The van der Waals surface area contributed by atoms with Gasteiger partial charge in [-0.15, -0.1) is 0 Å². The first kappa shape index (κ1) is 21.1. The van der Waals surface area contributed by atoms with Crippen LogP contribution in [-0.4, -0.2) is 23.3 Å². The van der Waals surface area contributed by atoms with Gasteiger partial charge < -0.3 is 9.73 Å². The number of aromatic nitrogens is 1. The van der Waals surface area contributed by atoms with Crippen LogP contribution in [-0.2, 0) is 10.8 Å². The summed E-state index contributed by atoms with van der Waals surface area (Å²) in [4.78, 5) is 9.85. The van der Waals surface area contributed by atoms with Gasteiger partial charge in [0, 0.05) is 35.7 Å². The zero-order valence-corrected chi connectivity index (χ0v) is 20.3. The molecule has 1 aromatic carbocycles. The van der Waals surface area contributed by atoms with Crippen LogP contribution in [0.4, 0.5) is 0 Å². The smallest absolute Gasteiger partial charge is 0.197 e. The zero-order valence-electron chi connectivity index (χ0n) is 20.3. The Morgan fingerprint density at radius 1 is 0.853 bits per heavy atom. The van der Waals surface area contributed by atoms with Crippen LogP contribution in [0.1, 0.15) is 112 Å². The highest BCUT2D eigenvalue weighted by Crippen LogP contribution is 2.58. The second kappa shape index (κ2) is 8.19. The topological polar surface area (TPSA) is 50.4 Å². The number of hydrogen-bond acceptors (Lipinski definition) is 4. The average Bonchev–Trinajstić information content (AvgIpc) is 3.72. The van der Waals surface area contributed by atoms with Crippen LogP contribution in [0.3, 0.4) is 0 Å². The van der Waals surface area contributed by atoms with Crippen molar-refractivity contribution in [2.45, 2.75) is 106 Å². The maximum Gasteiger partial charge on any atom is 0.197 e. The minimum absolute atomic E-state index is 0.263. The minimum atomic E-state index is 0.263. The van der Waals surface area contributed by atoms with Gasteiger partial charge in [0.25, 0.3) is 0 Å². The molecule has 4 nitrogen and oxygen atoms in total. The molecule has 3 heterocycles. The molecule has 34 heavy (non-hydrogen) atoms. The van der Waals surface area contributed by atoms with Crippen LogP contribution >= 0.6 is 0 Å². The molecule has 1 atom stereocenters. The summed E-state index contributed by atoms with van der Waals surface area (Å²) in [5, 5.41) is 3.60. The predicted molar refractivity (Wildman–Crippen MR) is 136 cm³/mol. The molecule has 0 spiro atoms. The van der Waals surface area contributed by atoms with Gasteiger partial charge in [-0.25, -0.2) is 4.98 Å². The first-order valence-corrected chi connectivity index (χ1v) is 13.8. The van der Waals surface area contributed by atoms with Gasteiger partial charge in [0.15, 0.2) is 5.89 Å². The fraction of sp³-hybridized carbons (Fsp3) is 0.600. The van der Waals surface area contributed by atoms with Crippen molar-refractivity contribution in [2.24, 2.45) is 4.99 Å². The summed E-state index contributed by atoms with van der Waals surface area (Å²) in [5.41, 5.74) is 7.49. The lowest BCUT2D eigenvalue weighted by Gasteiger charge is -2.53. The molecule has 8 rings (SSSR count). The molecule has 1 saturated heterocycles. The lowest BCUT2D eigenvalue weighted by Crippen LogP contribution is -2.46. The average molecular weight is 456 g/mol. The minimum Gasteiger partial charge on any atom is -0.448 e. The Kier molecular flexibility index (Phi) is 5.08. The third-order valence-electron chi connectivity index (χ3n) is 10.1. The molecule has 0 unspecified atom stereocenters. The Hall–Kier alpha value is -2.20. The van der Waals surface area contributed by atoms with E-state index in [1.54, 1.807) is 5.56 Å². The number of nitrogens with one attached hydrogen (secondary N) is 1. The van der Waals surface area contributed by atoms with Crippen molar-refractivity contribution in [3.8, 4) is 0 Å². The molecular formula is C30H37N3O. The second-order valence-corrected chi connectivity index (χ2v) is 11.8. The Morgan fingerprint density at radius 2 is 1.59 bits per heavy atom. The number of rotatable bonds is 5. The molecular weight excluding hydrogens is 418 g/mol. The van der Waals surface area contributed by atoms with Crippen molar-refractivity contribution in [3.05, 3.63) is 59.4 Å². The van der Waals surface area contributed by atoms with E-state index in [9.17, 15) is 0 Å². The van der Waals surface area contributed by atoms with Crippen LogP contribution in [0.15, 0.2) is 46.1 Å². The summed E-state index contributed by atoms with van der Waals surface area (Å²) in [5.74, 6) is 1.60. The summed E-state index contributed by atoms with van der Waals surface area (Å²) >= 11 is 0. The highest BCUT2D eigenvalue weighted by molar-refractivity contribution is 6.01. The maximum absolute atomic E-state index is 6.03. The van der Waals surface area contributed by atoms with Gasteiger partial charge in [0.2, 0.25) is 0 Å². The maximum atomic E-state index is 6.03.